The van der Waals surface area contributed by atoms with E-state index in [1.54, 1.807) is 11.8 Å². The molecule has 0 radical (unpaired) electrons. The van der Waals surface area contributed by atoms with Crippen LogP contribution in [0.2, 0.25) is 0 Å². The van der Waals surface area contributed by atoms with Crippen molar-refractivity contribution in [1.82, 2.24) is 15.5 Å². The summed E-state index contributed by atoms with van der Waals surface area (Å²) in [7, 11) is 0. The highest BCUT2D eigenvalue weighted by Gasteiger charge is 2.38. The van der Waals surface area contributed by atoms with Crippen molar-refractivity contribution in [2.75, 3.05) is 13.1 Å². The zero-order chi connectivity index (χ0) is 14.0. The van der Waals surface area contributed by atoms with Gasteiger partial charge in [0.05, 0.1) is 5.75 Å². The predicted molar refractivity (Wildman–Crippen MR) is 76.4 cm³/mol. The summed E-state index contributed by atoms with van der Waals surface area (Å²) in [5.74, 6) is 1.57. The smallest absolute Gasteiger partial charge is 0.260 e. The predicted octanol–water partition coefficient (Wildman–Crippen LogP) is 1.85. The lowest BCUT2D eigenvalue weighted by atomic mass is 10.0. The fourth-order valence-corrected chi connectivity index (χ4v) is 3.07. The van der Waals surface area contributed by atoms with E-state index in [4.69, 9.17) is 4.52 Å². The maximum Gasteiger partial charge on any atom is 0.260 e. The average Bonchev–Trinajstić information content (AvgIpc) is 3.06. The van der Waals surface area contributed by atoms with Crippen LogP contribution < -0.4 is 5.32 Å². The minimum atomic E-state index is -1.00. The van der Waals surface area contributed by atoms with Gasteiger partial charge < -0.3 is 14.9 Å². The van der Waals surface area contributed by atoms with Crippen LogP contribution in [-0.2, 0) is 11.4 Å². The zero-order valence-electron chi connectivity index (χ0n) is 11.3. The number of rotatable bonds is 4. The maximum atomic E-state index is 10.3. The molecule has 0 saturated carbocycles. The Hall–Kier alpha value is -1.37. The molecule has 1 aliphatic rings. The molecule has 1 fully saturated rings. The first kappa shape index (κ1) is 13.6. The summed E-state index contributed by atoms with van der Waals surface area (Å²) in [6.07, 6.45) is 0.611. The number of β-amino-alcohol motifs (C(OH)–C–C–N with tert-alkyl or cyclic N) is 1. The van der Waals surface area contributed by atoms with Gasteiger partial charge in [0.25, 0.3) is 5.89 Å². The van der Waals surface area contributed by atoms with Crippen molar-refractivity contribution in [2.45, 2.75) is 29.6 Å². The summed E-state index contributed by atoms with van der Waals surface area (Å²) >= 11 is 1.66. The number of nitrogens with one attached hydrogen (secondary N) is 1. The SMILES string of the molecule is Cc1cccc(SCc2noc(C3(O)CCNC3)n2)c1. The fourth-order valence-electron chi connectivity index (χ4n) is 2.22. The monoisotopic (exact) mass is 291 g/mol. The number of benzene rings is 1. The zero-order valence-corrected chi connectivity index (χ0v) is 12.1. The molecule has 2 heterocycles. The van der Waals surface area contributed by atoms with Crippen LogP contribution in [-0.4, -0.2) is 28.3 Å². The van der Waals surface area contributed by atoms with E-state index < -0.39 is 5.60 Å². The van der Waals surface area contributed by atoms with Gasteiger partial charge in [0.2, 0.25) is 0 Å². The minimum absolute atomic E-state index is 0.322. The molecule has 2 N–H and O–H groups in total. The fraction of sp³-hybridized carbons (Fsp3) is 0.429. The number of aliphatic hydroxyl groups is 1. The second-order valence-corrected chi connectivity index (χ2v) is 6.13. The molecule has 1 aliphatic heterocycles. The number of aryl methyl sites for hydroxylation is 1. The van der Waals surface area contributed by atoms with E-state index in [1.807, 2.05) is 6.07 Å². The second kappa shape index (κ2) is 5.55. The summed E-state index contributed by atoms with van der Waals surface area (Å²) in [5, 5.41) is 17.4. The van der Waals surface area contributed by atoms with Crippen LogP contribution >= 0.6 is 11.8 Å². The molecule has 0 amide bonds. The molecule has 0 spiro atoms. The Bertz CT molecular complexity index is 594. The van der Waals surface area contributed by atoms with Crippen molar-refractivity contribution in [2.24, 2.45) is 0 Å². The van der Waals surface area contributed by atoms with Gasteiger partial charge in [-0.25, -0.2) is 0 Å². The van der Waals surface area contributed by atoms with Gasteiger partial charge in [-0.15, -0.1) is 11.8 Å². The van der Waals surface area contributed by atoms with Crippen molar-refractivity contribution in [3.8, 4) is 0 Å². The van der Waals surface area contributed by atoms with Gasteiger partial charge in [-0.05, 0) is 32.0 Å². The van der Waals surface area contributed by atoms with Crippen molar-refractivity contribution in [3.05, 3.63) is 41.5 Å². The lowest BCUT2D eigenvalue weighted by Gasteiger charge is -2.14. The van der Waals surface area contributed by atoms with Gasteiger partial charge in [0.1, 0.15) is 0 Å². The molecule has 0 aliphatic carbocycles. The third kappa shape index (κ3) is 2.87. The van der Waals surface area contributed by atoms with Gasteiger partial charge >= 0.3 is 0 Å². The number of thioether (sulfide) groups is 1. The van der Waals surface area contributed by atoms with Gasteiger partial charge in [-0.3, -0.25) is 0 Å². The Morgan fingerprint density at radius 1 is 1.50 bits per heavy atom. The van der Waals surface area contributed by atoms with Crippen LogP contribution in [0.3, 0.4) is 0 Å². The third-order valence-electron chi connectivity index (χ3n) is 3.36. The van der Waals surface area contributed by atoms with E-state index in [1.165, 1.54) is 10.5 Å². The normalized spacial score (nSPS) is 22.3. The Kier molecular flexibility index (Phi) is 3.78. The van der Waals surface area contributed by atoms with E-state index >= 15 is 0 Å². The molecule has 3 rings (SSSR count). The van der Waals surface area contributed by atoms with E-state index in [0.717, 1.165) is 6.54 Å². The molecule has 1 unspecified atom stereocenters. The number of hydrogen-bond acceptors (Lipinski definition) is 6. The minimum Gasteiger partial charge on any atom is -0.379 e. The molecule has 20 heavy (non-hydrogen) atoms. The summed E-state index contributed by atoms with van der Waals surface area (Å²) < 4.78 is 5.20. The quantitative estimate of drug-likeness (QED) is 0.838. The highest BCUT2D eigenvalue weighted by Crippen LogP contribution is 2.27. The lowest BCUT2D eigenvalue weighted by molar-refractivity contribution is 0.0243. The van der Waals surface area contributed by atoms with Crippen LogP contribution in [0.5, 0.6) is 0 Å². The summed E-state index contributed by atoms with van der Waals surface area (Å²) in [6, 6.07) is 8.29. The first-order chi connectivity index (χ1) is 9.66. The average molecular weight is 291 g/mol. The van der Waals surface area contributed by atoms with Crippen molar-refractivity contribution in [1.29, 1.82) is 0 Å². The van der Waals surface area contributed by atoms with E-state index in [9.17, 15) is 5.11 Å². The van der Waals surface area contributed by atoms with Crippen molar-refractivity contribution in [3.63, 3.8) is 0 Å². The van der Waals surface area contributed by atoms with E-state index in [0.29, 0.717) is 30.4 Å². The van der Waals surface area contributed by atoms with Crippen LogP contribution in [0.4, 0.5) is 0 Å². The molecule has 2 aromatic rings. The lowest BCUT2D eigenvalue weighted by Crippen LogP contribution is -2.28. The Morgan fingerprint density at radius 3 is 3.15 bits per heavy atom. The molecular weight excluding hydrogens is 274 g/mol. The summed E-state index contributed by atoms with van der Waals surface area (Å²) in [6.45, 7) is 3.31. The van der Waals surface area contributed by atoms with E-state index in [2.05, 4.69) is 40.6 Å². The molecule has 5 nitrogen and oxygen atoms in total. The van der Waals surface area contributed by atoms with Gasteiger partial charge in [0.15, 0.2) is 11.4 Å². The highest BCUT2D eigenvalue weighted by atomic mass is 32.2. The van der Waals surface area contributed by atoms with Gasteiger partial charge in [0, 0.05) is 11.4 Å². The van der Waals surface area contributed by atoms with Crippen LogP contribution in [0.25, 0.3) is 0 Å². The highest BCUT2D eigenvalue weighted by molar-refractivity contribution is 7.98. The molecule has 1 atom stereocenters. The van der Waals surface area contributed by atoms with Crippen molar-refractivity contribution < 1.29 is 9.63 Å². The molecule has 106 valence electrons. The van der Waals surface area contributed by atoms with Crippen LogP contribution in [0, 0.1) is 6.92 Å². The Labute approximate surface area is 121 Å². The topological polar surface area (TPSA) is 71.2 Å². The third-order valence-corrected chi connectivity index (χ3v) is 4.35. The molecular formula is C14H17N3O2S. The van der Waals surface area contributed by atoms with Crippen molar-refractivity contribution >= 4 is 11.8 Å². The standard InChI is InChI=1S/C14H17N3O2S/c1-10-3-2-4-11(7-10)20-8-12-16-13(19-17-12)14(18)5-6-15-9-14/h2-4,7,15,18H,5-6,8-9H2,1H3. The summed E-state index contributed by atoms with van der Waals surface area (Å²) in [5.41, 5.74) is 0.231. The maximum absolute atomic E-state index is 10.3. The molecule has 1 saturated heterocycles. The molecule has 6 heteroatoms. The van der Waals surface area contributed by atoms with Crippen LogP contribution in [0.15, 0.2) is 33.7 Å². The number of aromatic nitrogens is 2. The summed E-state index contributed by atoms with van der Waals surface area (Å²) in [4.78, 5) is 5.49. The molecule has 1 aromatic heterocycles. The molecule has 0 bridgehead atoms. The second-order valence-electron chi connectivity index (χ2n) is 5.08. The number of hydrogen-bond donors (Lipinski definition) is 2. The van der Waals surface area contributed by atoms with Crippen LogP contribution in [0.1, 0.15) is 23.7 Å². The molecule has 1 aromatic carbocycles. The van der Waals surface area contributed by atoms with Gasteiger partial charge in [-0.1, -0.05) is 22.9 Å². The van der Waals surface area contributed by atoms with E-state index in [-0.39, 0.29) is 0 Å². The first-order valence-corrected chi connectivity index (χ1v) is 7.60. The Morgan fingerprint density at radius 2 is 2.40 bits per heavy atom. The Balaban J connectivity index is 1.65. The largest absolute Gasteiger partial charge is 0.379 e. The first-order valence-electron chi connectivity index (χ1n) is 6.61. The van der Waals surface area contributed by atoms with Gasteiger partial charge in [-0.2, -0.15) is 4.98 Å². The number of nitrogens with zero attached hydrogens (tertiary/aromatic N) is 2.